The number of aliphatic hydroxyl groups is 1. The summed E-state index contributed by atoms with van der Waals surface area (Å²) in [4.78, 5) is 32.2. The standard InChI is InChI=1S/C39H46N4O3/c1-4-6-18-42-35-17-16-31-36-32(35)20-26(21-33(36)39(46)43(38(31)45)19-7-5-2)24-8-10-25(11-9-24)37(41)30-15-14-29-28(34(29)22-44)13-12-27(30)23(3)40/h8-11,16-17,20-21,28-29,34,40,44H,4-7,12-15,18-19,22,41H2,1-3H3/b26-24?,30-27-,37-25?,40-23?,42-35?/t28?,29?,34-/m0/s1. The first kappa shape index (κ1) is 31.9. The average Bonchev–Trinajstić information content (AvgIpc) is 3.73. The Bertz CT molecular complexity index is 2210. The number of nitrogens with one attached hydrogen (secondary N) is 1. The molecule has 3 atom stereocenters. The van der Waals surface area contributed by atoms with Crippen molar-refractivity contribution in [2.24, 2.45) is 28.5 Å². The molecule has 0 aromatic heterocycles. The molecule has 7 nitrogen and oxygen atoms in total. The van der Waals surface area contributed by atoms with Gasteiger partial charge in [0.05, 0.1) is 5.36 Å². The van der Waals surface area contributed by atoms with Gasteiger partial charge in [0.25, 0.3) is 11.1 Å². The highest BCUT2D eigenvalue weighted by Gasteiger charge is 2.49. The summed E-state index contributed by atoms with van der Waals surface area (Å²) >= 11 is 0. The number of aromatic nitrogens is 1. The number of nitrogens with zero attached hydrogens (tertiary/aromatic N) is 2. The number of benzene rings is 2. The van der Waals surface area contributed by atoms with Crippen LogP contribution in [0.25, 0.3) is 16.5 Å². The molecule has 2 aromatic rings. The van der Waals surface area contributed by atoms with Crippen LogP contribution in [0, 0.1) is 44.0 Å². The third kappa shape index (κ3) is 5.81. The first-order chi connectivity index (χ1) is 22.3. The molecule has 0 saturated heterocycles. The quantitative estimate of drug-likeness (QED) is 0.183. The minimum absolute atomic E-state index is 0.230. The van der Waals surface area contributed by atoms with Gasteiger partial charge in [0.2, 0.25) is 0 Å². The minimum Gasteiger partial charge on any atom is -0.398 e. The van der Waals surface area contributed by atoms with Crippen LogP contribution >= 0.6 is 0 Å². The van der Waals surface area contributed by atoms with Gasteiger partial charge in [0.1, 0.15) is 0 Å². The van der Waals surface area contributed by atoms with Crippen molar-refractivity contribution in [2.75, 3.05) is 13.2 Å². The first-order valence-electron chi connectivity index (χ1n) is 17.0. The molecule has 6 rings (SSSR count). The molecular weight excluding hydrogens is 572 g/mol. The van der Waals surface area contributed by atoms with Crippen molar-refractivity contribution in [3.05, 3.63) is 112 Å². The number of unbranched alkanes of at least 4 members (excludes halogenated alkanes) is 2. The van der Waals surface area contributed by atoms with E-state index in [0.29, 0.717) is 58.1 Å². The maximum Gasteiger partial charge on any atom is 0.261 e. The molecule has 1 saturated carbocycles. The van der Waals surface area contributed by atoms with E-state index in [1.165, 1.54) is 4.57 Å². The van der Waals surface area contributed by atoms with Crippen LogP contribution in [0.4, 0.5) is 0 Å². The first-order valence-corrected chi connectivity index (χ1v) is 17.0. The van der Waals surface area contributed by atoms with Crippen LogP contribution in [0.15, 0.2) is 74.3 Å². The molecule has 46 heavy (non-hydrogen) atoms. The number of allylic oxidation sites excluding steroid dienone is 1. The van der Waals surface area contributed by atoms with E-state index in [4.69, 9.17) is 16.1 Å². The highest BCUT2D eigenvalue weighted by molar-refractivity contribution is 5.98. The summed E-state index contributed by atoms with van der Waals surface area (Å²) in [6.07, 6.45) is 7.27. The van der Waals surface area contributed by atoms with Crippen LogP contribution in [0.5, 0.6) is 0 Å². The van der Waals surface area contributed by atoms with Crippen LogP contribution in [0.2, 0.25) is 0 Å². The Kier molecular flexibility index (Phi) is 9.23. The van der Waals surface area contributed by atoms with Gasteiger partial charge in [-0.05, 0) is 114 Å². The zero-order valence-electron chi connectivity index (χ0n) is 27.4. The van der Waals surface area contributed by atoms with E-state index in [9.17, 15) is 14.7 Å². The van der Waals surface area contributed by atoms with E-state index < -0.39 is 0 Å². The Hall–Kier alpha value is -4.10. The molecule has 1 heterocycles. The molecule has 0 bridgehead atoms. The van der Waals surface area contributed by atoms with Gasteiger partial charge in [-0.25, -0.2) is 0 Å². The van der Waals surface area contributed by atoms with Gasteiger partial charge in [0, 0.05) is 52.3 Å². The summed E-state index contributed by atoms with van der Waals surface area (Å²) in [5.41, 5.74) is 9.76. The Morgan fingerprint density at radius 3 is 2.24 bits per heavy atom. The highest BCUT2D eigenvalue weighted by Crippen LogP contribution is 2.54. The second-order valence-electron chi connectivity index (χ2n) is 13.3. The topological polar surface area (TPSA) is 122 Å². The van der Waals surface area contributed by atoms with Crippen molar-refractivity contribution >= 4 is 22.2 Å². The SMILES string of the molecule is CCCCN=c1ccc2c(=O)n(CCCC)c(=O)c3cc(=c4ccc(=C(N)/C5=C(\C(C)=N)CCC6C(CC5)[C@H]6CO)cc4)cc1c3=2. The molecular formula is C39H46N4O3. The number of rotatable bonds is 9. The molecule has 1 aliphatic heterocycles. The highest BCUT2D eigenvalue weighted by atomic mass is 16.3. The monoisotopic (exact) mass is 618 g/mol. The molecule has 0 radical (unpaired) electrons. The number of fused-ring (bicyclic) bond motifs is 1. The minimum atomic E-state index is -0.246. The maximum atomic E-state index is 13.8. The summed E-state index contributed by atoms with van der Waals surface area (Å²) in [5.74, 6) is 1.50. The predicted octanol–water partition coefficient (Wildman–Crippen LogP) is 4.86. The molecule has 0 spiro atoms. The fourth-order valence-electron chi connectivity index (χ4n) is 7.68. The van der Waals surface area contributed by atoms with Gasteiger partial charge in [-0.1, -0.05) is 51.0 Å². The predicted molar refractivity (Wildman–Crippen MR) is 185 cm³/mol. The molecule has 4 N–H and O–H groups in total. The smallest absolute Gasteiger partial charge is 0.261 e. The fraction of sp³-hybridized carbons (Fsp3) is 0.436. The molecule has 2 unspecified atom stereocenters. The summed E-state index contributed by atoms with van der Waals surface area (Å²) in [6, 6.07) is 15.9. The maximum absolute atomic E-state index is 13.8. The Morgan fingerprint density at radius 1 is 0.913 bits per heavy atom. The molecule has 0 amide bonds. The summed E-state index contributed by atoms with van der Waals surface area (Å²) in [6.45, 7) is 7.38. The van der Waals surface area contributed by atoms with Crippen LogP contribution in [0.3, 0.4) is 0 Å². The van der Waals surface area contributed by atoms with E-state index in [2.05, 4.69) is 19.9 Å². The van der Waals surface area contributed by atoms with Crippen LogP contribution in [-0.2, 0) is 6.54 Å². The average molecular weight is 619 g/mol. The van der Waals surface area contributed by atoms with E-state index in [1.807, 2.05) is 49.4 Å². The van der Waals surface area contributed by atoms with Crippen molar-refractivity contribution in [1.82, 2.24) is 4.57 Å². The number of nitrogens with two attached hydrogens (primary N) is 1. The van der Waals surface area contributed by atoms with Crippen molar-refractivity contribution in [3.63, 3.8) is 0 Å². The van der Waals surface area contributed by atoms with Crippen molar-refractivity contribution in [1.29, 1.82) is 5.41 Å². The van der Waals surface area contributed by atoms with Gasteiger partial charge in [-0.2, -0.15) is 0 Å². The van der Waals surface area contributed by atoms with Crippen LogP contribution < -0.4 is 27.4 Å². The van der Waals surface area contributed by atoms with Gasteiger partial charge >= 0.3 is 0 Å². The molecule has 7 heteroatoms. The molecule has 1 fully saturated rings. The summed E-state index contributed by atoms with van der Waals surface area (Å²) in [7, 11) is 0. The fourth-order valence-corrected chi connectivity index (χ4v) is 7.68. The lowest BCUT2D eigenvalue weighted by Gasteiger charge is -2.18. The molecule has 240 valence electrons. The number of hydrogen-bond donors (Lipinski definition) is 3. The molecule has 3 aliphatic carbocycles. The van der Waals surface area contributed by atoms with E-state index in [-0.39, 0.29) is 17.7 Å². The molecule has 4 aliphatic rings. The normalized spacial score (nSPS) is 21.7. The summed E-state index contributed by atoms with van der Waals surface area (Å²) in [5, 5.41) is 24.5. The van der Waals surface area contributed by atoms with E-state index >= 15 is 0 Å². The molecule has 2 aromatic carbocycles. The summed E-state index contributed by atoms with van der Waals surface area (Å²) < 4.78 is 1.40. The third-order valence-electron chi connectivity index (χ3n) is 10.4. The zero-order chi connectivity index (χ0) is 32.5. The second kappa shape index (κ2) is 13.3. The Morgan fingerprint density at radius 2 is 1.59 bits per heavy atom. The van der Waals surface area contributed by atoms with E-state index in [0.717, 1.165) is 88.9 Å². The zero-order valence-corrected chi connectivity index (χ0v) is 27.4. The number of hydrogen-bond acceptors (Lipinski definition) is 6. The van der Waals surface area contributed by atoms with Crippen molar-refractivity contribution in [2.45, 2.75) is 78.7 Å². The Labute approximate surface area is 269 Å². The van der Waals surface area contributed by atoms with Gasteiger partial charge in [-0.15, -0.1) is 0 Å². The van der Waals surface area contributed by atoms with Gasteiger partial charge in [-0.3, -0.25) is 19.1 Å². The number of aliphatic hydroxyl groups excluding tert-OH is 1. The lowest BCUT2D eigenvalue weighted by atomic mass is 9.89. The lowest BCUT2D eigenvalue weighted by Crippen LogP contribution is -2.34. The van der Waals surface area contributed by atoms with Gasteiger partial charge in [0.15, 0.2) is 0 Å². The Balaban J connectivity index is 1.55. The lowest BCUT2D eigenvalue weighted by molar-refractivity contribution is 0.262. The van der Waals surface area contributed by atoms with Gasteiger partial charge < -0.3 is 16.2 Å². The second-order valence-corrected chi connectivity index (χ2v) is 13.3. The third-order valence-corrected chi connectivity index (χ3v) is 10.4. The van der Waals surface area contributed by atoms with Crippen LogP contribution in [-0.4, -0.2) is 28.5 Å². The van der Waals surface area contributed by atoms with Crippen molar-refractivity contribution < 1.29 is 5.11 Å². The van der Waals surface area contributed by atoms with Crippen LogP contribution in [0.1, 0.15) is 72.1 Å². The van der Waals surface area contributed by atoms with Crippen molar-refractivity contribution in [3.8, 4) is 0 Å². The largest absolute Gasteiger partial charge is 0.398 e. The van der Waals surface area contributed by atoms with E-state index in [1.54, 1.807) is 0 Å².